The Hall–Kier alpha value is -1.58. The van der Waals surface area contributed by atoms with Crippen LogP contribution >= 0.6 is 22.9 Å². The van der Waals surface area contributed by atoms with Crippen molar-refractivity contribution in [2.75, 3.05) is 6.54 Å². The molecule has 1 aromatic carbocycles. The van der Waals surface area contributed by atoms with Crippen molar-refractivity contribution in [1.29, 1.82) is 0 Å². The van der Waals surface area contributed by atoms with E-state index in [9.17, 15) is 19.5 Å². The van der Waals surface area contributed by atoms with Crippen molar-refractivity contribution < 1.29 is 19.5 Å². The number of carboxylic acids is 1. The first-order valence-electron chi connectivity index (χ1n) is 12.9. The Kier molecular flexibility index (Phi) is 13.3. The number of hydrogen-bond acceptors (Lipinski definition) is 4. The van der Waals surface area contributed by atoms with E-state index in [1.165, 1.54) is 66.8 Å². The number of benzene rings is 1. The zero-order chi connectivity index (χ0) is 26.6. The third kappa shape index (κ3) is 8.77. The van der Waals surface area contributed by atoms with Crippen LogP contribution in [-0.2, 0) is 4.79 Å². The van der Waals surface area contributed by atoms with Gasteiger partial charge in [-0.25, -0.2) is 0 Å². The molecule has 2 rings (SSSR count). The fraction of sp³-hybridized carbons (Fsp3) is 0.519. The minimum atomic E-state index is -2.71. The molecule has 198 valence electrons. The molecular weight excluding hydrogens is 603 g/mol. The SMILES string of the molecule is CCC[CH2][Sn]([CH2]CCC)([CH2]CCC)[c]1ccc(C(=O)N[C@@H](CNC(=O)c2cccs2)C(=O)O)c(Cl)c1. The Balaban J connectivity index is 2.21. The number of aliphatic carboxylic acids is 1. The summed E-state index contributed by atoms with van der Waals surface area (Å²) in [5.41, 5.74) is 0.262. The molecule has 0 aliphatic rings. The van der Waals surface area contributed by atoms with E-state index in [2.05, 4.69) is 37.5 Å². The second-order valence-electron chi connectivity index (χ2n) is 9.34. The third-order valence-electron chi connectivity index (χ3n) is 6.67. The van der Waals surface area contributed by atoms with Crippen LogP contribution in [0.4, 0.5) is 0 Å². The summed E-state index contributed by atoms with van der Waals surface area (Å²) in [5, 5.41) is 16.8. The van der Waals surface area contributed by atoms with Crippen LogP contribution < -0.4 is 14.2 Å². The molecule has 1 heterocycles. The third-order valence-corrected chi connectivity index (χ3v) is 23.5. The number of hydrogen-bond donors (Lipinski definition) is 3. The average Bonchev–Trinajstić information content (AvgIpc) is 3.41. The molecule has 0 aliphatic heterocycles. The van der Waals surface area contributed by atoms with Gasteiger partial charge in [0.05, 0.1) is 0 Å². The van der Waals surface area contributed by atoms with E-state index in [1.54, 1.807) is 23.6 Å². The molecule has 0 saturated heterocycles. The number of carbonyl (C=O) groups is 3. The number of rotatable bonds is 16. The monoisotopic (exact) mass is 642 g/mol. The molecule has 0 spiro atoms. The molecule has 9 heteroatoms. The zero-order valence-electron chi connectivity index (χ0n) is 21.6. The van der Waals surface area contributed by atoms with Gasteiger partial charge in [-0.15, -0.1) is 0 Å². The molecule has 0 bridgehead atoms. The van der Waals surface area contributed by atoms with Crippen LogP contribution in [0.2, 0.25) is 18.3 Å². The minimum absolute atomic E-state index is 0.224. The Morgan fingerprint density at radius 3 is 2.06 bits per heavy atom. The number of amides is 2. The molecule has 36 heavy (non-hydrogen) atoms. The van der Waals surface area contributed by atoms with Gasteiger partial charge in [-0.2, -0.15) is 0 Å². The summed E-state index contributed by atoms with van der Waals surface area (Å²) in [6, 6.07) is 7.95. The standard InChI is InChI=1S/C15H12ClN2O4S.3C4H9.Sn/c16-10-5-2-1-4-9(10)13(19)18-11(15(21)22)8-17-14(20)12-6-3-7-23-12;3*1-3-4-2;/h1,3-7,11H,8H2,(H,17,20)(H,18,19)(H,21,22);3*1,3-4H2,2H3;/t11-;;;;/m0..../s1. The van der Waals surface area contributed by atoms with Crippen molar-refractivity contribution in [3.05, 3.63) is 51.2 Å². The molecule has 0 saturated carbocycles. The van der Waals surface area contributed by atoms with Gasteiger partial charge >= 0.3 is 218 Å². The predicted molar refractivity (Wildman–Crippen MR) is 152 cm³/mol. The first-order valence-corrected chi connectivity index (χ1v) is 21.7. The van der Waals surface area contributed by atoms with E-state index in [-0.39, 0.29) is 18.0 Å². The van der Waals surface area contributed by atoms with Crippen LogP contribution in [0.5, 0.6) is 0 Å². The van der Waals surface area contributed by atoms with E-state index < -0.39 is 36.3 Å². The summed E-state index contributed by atoms with van der Waals surface area (Å²) >= 11 is 5.20. The van der Waals surface area contributed by atoms with Crippen molar-refractivity contribution in [1.82, 2.24) is 10.6 Å². The fourth-order valence-corrected chi connectivity index (χ4v) is 21.6. The van der Waals surface area contributed by atoms with Crippen molar-refractivity contribution in [3.8, 4) is 0 Å². The second-order valence-corrected chi connectivity index (χ2v) is 23.9. The number of carboxylic acid groups (broad SMARTS) is 1. The van der Waals surface area contributed by atoms with Gasteiger partial charge in [0, 0.05) is 0 Å². The molecule has 6 nitrogen and oxygen atoms in total. The predicted octanol–water partition coefficient (Wildman–Crippen LogP) is 6.07. The van der Waals surface area contributed by atoms with Crippen molar-refractivity contribution in [2.45, 2.75) is 78.6 Å². The van der Waals surface area contributed by atoms with Gasteiger partial charge in [-0.3, -0.25) is 0 Å². The molecule has 0 fully saturated rings. The summed E-state index contributed by atoms with van der Waals surface area (Å²) in [6.45, 7) is 6.48. The van der Waals surface area contributed by atoms with Gasteiger partial charge in [0.2, 0.25) is 0 Å². The van der Waals surface area contributed by atoms with Crippen LogP contribution in [0.1, 0.15) is 79.3 Å². The van der Waals surface area contributed by atoms with E-state index in [0.717, 1.165) is 0 Å². The van der Waals surface area contributed by atoms with Crippen LogP contribution in [0.15, 0.2) is 35.7 Å². The van der Waals surface area contributed by atoms with Gasteiger partial charge in [0.15, 0.2) is 0 Å². The van der Waals surface area contributed by atoms with E-state index >= 15 is 0 Å². The Bertz CT molecular complexity index is 978. The normalized spacial score (nSPS) is 12.2. The molecule has 1 aromatic heterocycles. The molecule has 2 amide bonds. The van der Waals surface area contributed by atoms with E-state index in [1.807, 2.05) is 6.07 Å². The Labute approximate surface area is 228 Å². The van der Waals surface area contributed by atoms with Crippen LogP contribution in [0, 0.1) is 0 Å². The molecule has 0 unspecified atom stereocenters. The number of unbranched alkanes of at least 4 members (excludes halogenated alkanes) is 3. The Morgan fingerprint density at radius 2 is 1.58 bits per heavy atom. The number of carbonyl (C=O) groups excluding carboxylic acids is 2. The second kappa shape index (κ2) is 15.6. The number of thiophene rings is 1. The summed E-state index contributed by atoms with van der Waals surface area (Å²) in [7, 11) is 0. The van der Waals surface area contributed by atoms with Crippen LogP contribution in [-0.4, -0.2) is 53.9 Å². The van der Waals surface area contributed by atoms with Gasteiger partial charge in [-0.1, -0.05) is 6.07 Å². The fourth-order valence-electron chi connectivity index (χ4n) is 4.51. The van der Waals surface area contributed by atoms with Crippen molar-refractivity contribution >= 4 is 62.7 Å². The molecular formula is C27H39ClN2O4SSn. The van der Waals surface area contributed by atoms with E-state index in [0.29, 0.717) is 9.90 Å². The molecule has 0 aliphatic carbocycles. The molecule has 0 radical (unpaired) electrons. The first-order chi connectivity index (χ1) is 17.3. The zero-order valence-corrected chi connectivity index (χ0v) is 26.0. The number of nitrogens with one attached hydrogen (secondary N) is 2. The number of halogens is 1. The van der Waals surface area contributed by atoms with Crippen molar-refractivity contribution in [3.63, 3.8) is 0 Å². The Morgan fingerprint density at radius 1 is 0.972 bits per heavy atom. The summed E-state index contributed by atoms with van der Waals surface area (Å²) in [4.78, 5) is 37.4. The summed E-state index contributed by atoms with van der Waals surface area (Å²) in [5.74, 6) is -2.15. The van der Waals surface area contributed by atoms with Gasteiger partial charge in [-0.05, 0) is 5.38 Å². The summed E-state index contributed by atoms with van der Waals surface area (Å²) < 4.78 is 5.23. The average molecular weight is 642 g/mol. The van der Waals surface area contributed by atoms with E-state index in [4.69, 9.17) is 11.6 Å². The van der Waals surface area contributed by atoms with Crippen LogP contribution in [0.25, 0.3) is 0 Å². The van der Waals surface area contributed by atoms with Gasteiger partial charge < -0.3 is 0 Å². The van der Waals surface area contributed by atoms with Crippen molar-refractivity contribution in [2.24, 2.45) is 0 Å². The quantitative estimate of drug-likeness (QED) is 0.194. The summed E-state index contributed by atoms with van der Waals surface area (Å²) in [6.07, 6.45) is 7.18. The topological polar surface area (TPSA) is 95.5 Å². The maximum atomic E-state index is 13.0. The maximum absolute atomic E-state index is 13.0. The van der Waals surface area contributed by atoms with Gasteiger partial charge in [0.25, 0.3) is 0 Å². The van der Waals surface area contributed by atoms with Gasteiger partial charge in [0.1, 0.15) is 0 Å². The first kappa shape index (κ1) is 30.6. The molecule has 1 atom stereocenters. The van der Waals surface area contributed by atoms with Crippen LogP contribution in [0.3, 0.4) is 0 Å². The molecule has 3 N–H and O–H groups in total. The molecule has 2 aromatic rings.